The molecule has 1 unspecified atom stereocenters. The molecule has 164 valence electrons. The Balaban J connectivity index is 1.84. The lowest BCUT2D eigenvalue weighted by Crippen LogP contribution is -2.43. The summed E-state index contributed by atoms with van der Waals surface area (Å²) in [6.45, 7) is 0. The first kappa shape index (κ1) is 21.8. The number of rotatable bonds is 5. The SMILES string of the molecule is N=Cc1cc(C(O)(c2c[nH]c3c(Cl)nccc23)C(F)(F)F)ccc1Nc1ccc(F)cc1. The van der Waals surface area contributed by atoms with Crippen LogP contribution in [0, 0.1) is 11.2 Å². The van der Waals surface area contributed by atoms with Gasteiger partial charge >= 0.3 is 6.18 Å². The molecule has 2 aromatic carbocycles. The van der Waals surface area contributed by atoms with E-state index in [9.17, 15) is 22.7 Å². The minimum atomic E-state index is -5.09. The molecule has 0 saturated carbocycles. The van der Waals surface area contributed by atoms with Gasteiger partial charge in [0.05, 0.1) is 5.52 Å². The normalized spacial score (nSPS) is 13.7. The fourth-order valence-corrected chi connectivity index (χ4v) is 3.71. The van der Waals surface area contributed by atoms with Crippen LogP contribution in [0.5, 0.6) is 0 Å². The van der Waals surface area contributed by atoms with Crippen LogP contribution in [0.2, 0.25) is 5.15 Å². The lowest BCUT2D eigenvalue weighted by atomic mass is 9.84. The molecule has 4 N–H and O–H groups in total. The Morgan fingerprint density at radius 3 is 2.47 bits per heavy atom. The van der Waals surface area contributed by atoms with Gasteiger partial charge in [0, 0.05) is 46.5 Å². The molecule has 32 heavy (non-hydrogen) atoms. The summed E-state index contributed by atoms with van der Waals surface area (Å²) in [6, 6.07) is 10.2. The zero-order valence-corrected chi connectivity index (χ0v) is 16.9. The third-order valence-corrected chi connectivity index (χ3v) is 5.39. The molecule has 2 heterocycles. The van der Waals surface area contributed by atoms with Crippen LogP contribution >= 0.6 is 11.6 Å². The van der Waals surface area contributed by atoms with Gasteiger partial charge in [-0.15, -0.1) is 0 Å². The van der Waals surface area contributed by atoms with E-state index in [2.05, 4.69) is 15.3 Å². The lowest BCUT2D eigenvalue weighted by molar-refractivity contribution is -0.247. The minimum Gasteiger partial charge on any atom is -0.372 e. The number of nitrogens with zero attached hydrogens (tertiary/aromatic N) is 1. The smallest absolute Gasteiger partial charge is 0.372 e. The van der Waals surface area contributed by atoms with E-state index in [1.54, 1.807) is 0 Å². The van der Waals surface area contributed by atoms with E-state index in [0.29, 0.717) is 11.4 Å². The van der Waals surface area contributed by atoms with Crippen LogP contribution in [-0.2, 0) is 5.60 Å². The quantitative estimate of drug-likeness (QED) is 0.169. The number of hydrogen-bond acceptors (Lipinski definition) is 4. The van der Waals surface area contributed by atoms with Gasteiger partial charge < -0.3 is 20.8 Å². The largest absolute Gasteiger partial charge is 0.425 e. The Morgan fingerprint density at radius 1 is 1.09 bits per heavy atom. The summed E-state index contributed by atoms with van der Waals surface area (Å²) in [4.78, 5) is 6.47. The van der Waals surface area contributed by atoms with E-state index in [1.165, 1.54) is 42.6 Å². The molecule has 0 aliphatic carbocycles. The predicted octanol–water partition coefficient (Wildman–Crippen LogP) is 5.89. The number of hydrogen-bond donors (Lipinski definition) is 4. The third kappa shape index (κ3) is 3.59. The van der Waals surface area contributed by atoms with Crippen molar-refractivity contribution < 1.29 is 22.7 Å². The Hall–Kier alpha value is -3.43. The Bertz CT molecular complexity index is 1300. The number of aromatic nitrogens is 2. The number of nitrogens with one attached hydrogen (secondary N) is 3. The fraction of sp³-hybridized carbons (Fsp3) is 0.0909. The molecule has 0 spiro atoms. The predicted molar refractivity (Wildman–Crippen MR) is 114 cm³/mol. The average Bonchev–Trinajstić information content (AvgIpc) is 3.20. The number of benzene rings is 2. The van der Waals surface area contributed by atoms with Crippen molar-refractivity contribution in [2.75, 3.05) is 5.32 Å². The molecule has 0 aliphatic rings. The van der Waals surface area contributed by atoms with Crippen molar-refractivity contribution in [3.05, 3.63) is 88.6 Å². The summed E-state index contributed by atoms with van der Waals surface area (Å²) in [5, 5.41) is 21.7. The first-order chi connectivity index (χ1) is 15.1. The van der Waals surface area contributed by atoms with Crippen LogP contribution in [-0.4, -0.2) is 27.5 Å². The molecule has 5 nitrogen and oxygen atoms in total. The van der Waals surface area contributed by atoms with Gasteiger partial charge in [0.2, 0.25) is 5.60 Å². The number of halogens is 5. The second-order valence-electron chi connectivity index (χ2n) is 7.01. The average molecular weight is 463 g/mol. The maximum Gasteiger partial charge on any atom is 0.425 e. The second kappa shape index (κ2) is 7.92. The summed E-state index contributed by atoms with van der Waals surface area (Å²) >= 11 is 5.97. The Labute approximate surface area is 184 Å². The van der Waals surface area contributed by atoms with Crippen LogP contribution < -0.4 is 5.32 Å². The summed E-state index contributed by atoms with van der Waals surface area (Å²) < 4.78 is 56.0. The molecule has 0 bridgehead atoms. The molecule has 4 rings (SSSR count). The van der Waals surface area contributed by atoms with E-state index in [-0.39, 0.29) is 21.6 Å². The van der Waals surface area contributed by atoms with Crippen LogP contribution in [0.3, 0.4) is 0 Å². The minimum absolute atomic E-state index is 0.0303. The molecule has 0 saturated heterocycles. The molecule has 0 radical (unpaired) electrons. The van der Waals surface area contributed by atoms with Crippen LogP contribution in [0.25, 0.3) is 10.9 Å². The molecular weight excluding hydrogens is 448 g/mol. The maximum atomic E-state index is 14.3. The zero-order chi connectivity index (χ0) is 23.1. The fourth-order valence-electron chi connectivity index (χ4n) is 3.50. The van der Waals surface area contributed by atoms with Gasteiger partial charge in [0.1, 0.15) is 5.82 Å². The van der Waals surface area contributed by atoms with E-state index in [1.807, 2.05) is 0 Å². The number of pyridine rings is 1. The summed E-state index contributed by atoms with van der Waals surface area (Å²) in [5.74, 6) is -0.442. The molecular formula is C22H15ClF4N4O. The van der Waals surface area contributed by atoms with Crippen molar-refractivity contribution >= 4 is 40.1 Å². The van der Waals surface area contributed by atoms with Crippen LogP contribution in [0.1, 0.15) is 16.7 Å². The topological polar surface area (TPSA) is 84.8 Å². The highest BCUT2D eigenvalue weighted by Crippen LogP contribution is 2.47. The van der Waals surface area contributed by atoms with E-state index < -0.39 is 28.7 Å². The number of aromatic amines is 1. The maximum absolute atomic E-state index is 14.3. The standard InChI is InChI=1S/C22H15ClF4N4O/c23-20-19-16(7-8-29-20)17(11-30-19)21(32,22(25,26)27)13-1-6-18(12(9-13)10-28)31-15-4-2-14(24)3-5-15/h1-11,28,30-32H. The van der Waals surface area contributed by atoms with Gasteiger partial charge in [0.25, 0.3) is 0 Å². The number of aliphatic hydroxyl groups is 1. The van der Waals surface area contributed by atoms with Crippen molar-refractivity contribution in [1.29, 1.82) is 5.41 Å². The van der Waals surface area contributed by atoms with Crippen molar-refractivity contribution in [2.24, 2.45) is 0 Å². The first-order valence-electron chi connectivity index (χ1n) is 9.24. The Morgan fingerprint density at radius 2 is 1.81 bits per heavy atom. The van der Waals surface area contributed by atoms with Gasteiger partial charge in [-0.2, -0.15) is 13.2 Å². The van der Waals surface area contributed by atoms with Crippen LogP contribution in [0.15, 0.2) is 60.9 Å². The van der Waals surface area contributed by atoms with E-state index in [4.69, 9.17) is 17.0 Å². The number of anilines is 2. The van der Waals surface area contributed by atoms with Crippen molar-refractivity contribution in [2.45, 2.75) is 11.8 Å². The summed E-state index contributed by atoms with van der Waals surface area (Å²) in [7, 11) is 0. The molecule has 0 amide bonds. The highest BCUT2D eigenvalue weighted by Gasteiger charge is 2.57. The van der Waals surface area contributed by atoms with Crippen molar-refractivity contribution in [3.8, 4) is 0 Å². The van der Waals surface area contributed by atoms with Gasteiger partial charge in [-0.1, -0.05) is 17.7 Å². The number of alkyl halides is 3. The number of H-pyrrole nitrogens is 1. The molecule has 1 atom stereocenters. The monoisotopic (exact) mass is 462 g/mol. The highest BCUT2D eigenvalue weighted by molar-refractivity contribution is 6.33. The highest BCUT2D eigenvalue weighted by atomic mass is 35.5. The molecule has 10 heteroatoms. The van der Waals surface area contributed by atoms with Gasteiger partial charge in [-0.25, -0.2) is 9.37 Å². The van der Waals surface area contributed by atoms with E-state index >= 15 is 0 Å². The van der Waals surface area contributed by atoms with Gasteiger partial charge in [-0.3, -0.25) is 0 Å². The van der Waals surface area contributed by atoms with Gasteiger partial charge in [-0.05, 0) is 48.0 Å². The second-order valence-corrected chi connectivity index (χ2v) is 7.37. The van der Waals surface area contributed by atoms with Crippen molar-refractivity contribution in [1.82, 2.24) is 9.97 Å². The van der Waals surface area contributed by atoms with Gasteiger partial charge in [0.15, 0.2) is 5.15 Å². The third-order valence-electron chi connectivity index (χ3n) is 5.10. The first-order valence-corrected chi connectivity index (χ1v) is 9.61. The van der Waals surface area contributed by atoms with Crippen molar-refractivity contribution in [3.63, 3.8) is 0 Å². The summed E-state index contributed by atoms with van der Waals surface area (Å²) in [6.07, 6.45) is -1.94. The van der Waals surface area contributed by atoms with E-state index in [0.717, 1.165) is 24.5 Å². The lowest BCUT2D eigenvalue weighted by Gasteiger charge is -2.31. The zero-order valence-electron chi connectivity index (χ0n) is 16.1. The Kier molecular flexibility index (Phi) is 5.39. The molecule has 4 aromatic rings. The van der Waals surface area contributed by atoms with Crippen LogP contribution in [0.4, 0.5) is 28.9 Å². The molecule has 0 aliphatic heterocycles. The summed E-state index contributed by atoms with van der Waals surface area (Å²) in [5.41, 5.74) is -3.27. The molecule has 2 aromatic heterocycles. The number of fused-ring (bicyclic) bond motifs is 1. The molecule has 0 fully saturated rings.